The molecule has 1 heterocycles. The summed E-state index contributed by atoms with van der Waals surface area (Å²) in [6, 6.07) is 0. The molecule has 0 spiro atoms. The molecule has 0 aromatic carbocycles. The minimum atomic E-state index is -0.436. The van der Waals surface area contributed by atoms with Crippen LogP contribution in [0.15, 0.2) is 0 Å². The van der Waals surface area contributed by atoms with Crippen molar-refractivity contribution in [1.29, 1.82) is 0 Å². The zero-order valence-electron chi connectivity index (χ0n) is 13.0. The number of ether oxygens (including phenoxy) is 1. The number of amides is 2. The van der Waals surface area contributed by atoms with Crippen LogP contribution in [0.4, 0.5) is 0 Å². The molecule has 0 aromatic rings. The Hall–Kier alpha value is -0.850. The molecule has 3 N–H and O–H groups in total. The van der Waals surface area contributed by atoms with Gasteiger partial charge in [-0.25, -0.2) is 0 Å². The number of nitrogens with zero attached hydrogens (tertiary/aromatic N) is 1. The first-order valence-corrected chi connectivity index (χ1v) is 7.53. The maximum absolute atomic E-state index is 12.4. The van der Waals surface area contributed by atoms with Gasteiger partial charge in [0.1, 0.15) is 6.10 Å². The number of carbonyl (C=O) groups is 2. The summed E-state index contributed by atoms with van der Waals surface area (Å²) in [5.74, 6) is -0.198. The van der Waals surface area contributed by atoms with E-state index in [1.54, 1.807) is 4.90 Å². The Bertz CT molecular complexity index is 329. The number of halogens is 1. The number of rotatable bonds is 8. The molecular formula is C14H28ClN3O3. The van der Waals surface area contributed by atoms with Crippen LogP contribution in [0.25, 0.3) is 0 Å². The van der Waals surface area contributed by atoms with Gasteiger partial charge >= 0.3 is 0 Å². The lowest BCUT2D eigenvalue weighted by molar-refractivity contribution is -0.145. The van der Waals surface area contributed by atoms with E-state index in [1.807, 2.05) is 13.8 Å². The highest BCUT2D eigenvalue weighted by molar-refractivity contribution is 5.87. The summed E-state index contributed by atoms with van der Waals surface area (Å²) in [7, 11) is 0. The molecule has 6 nitrogen and oxygen atoms in total. The molecule has 7 heteroatoms. The minimum Gasteiger partial charge on any atom is -0.364 e. The maximum Gasteiger partial charge on any atom is 0.252 e. The lowest BCUT2D eigenvalue weighted by atomic mass is 10.1. The molecule has 0 saturated carbocycles. The summed E-state index contributed by atoms with van der Waals surface area (Å²) in [5, 5.41) is 2.79. The zero-order valence-corrected chi connectivity index (χ0v) is 13.8. The van der Waals surface area contributed by atoms with Crippen molar-refractivity contribution in [2.24, 2.45) is 5.73 Å². The molecule has 0 unspecified atom stereocenters. The highest BCUT2D eigenvalue weighted by atomic mass is 35.5. The fourth-order valence-electron chi connectivity index (χ4n) is 2.30. The smallest absolute Gasteiger partial charge is 0.252 e. The molecule has 0 aliphatic carbocycles. The van der Waals surface area contributed by atoms with Gasteiger partial charge in [-0.05, 0) is 25.7 Å². The summed E-state index contributed by atoms with van der Waals surface area (Å²) in [4.78, 5) is 25.7. The van der Waals surface area contributed by atoms with Crippen molar-refractivity contribution in [3.63, 3.8) is 0 Å². The third-order valence-electron chi connectivity index (χ3n) is 3.36. The number of carbonyl (C=O) groups excluding carboxylic acids is 2. The van der Waals surface area contributed by atoms with Gasteiger partial charge in [0.2, 0.25) is 5.91 Å². The first kappa shape index (κ1) is 20.1. The minimum absolute atomic E-state index is 0. The van der Waals surface area contributed by atoms with Crippen LogP contribution >= 0.6 is 12.4 Å². The van der Waals surface area contributed by atoms with Gasteiger partial charge in [0.15, 0.2) is 0 Å². The van der Waals surface area contributed by atoms with Gasteiger partial charge in [0.05, 0.1) is 12.6 Å². The maximum atomic E-state index is 12.4. The number of hydrogen-bond donors (Lipinski definition) is 2. The van der Waals surface area contributed by atoms with Crippen molar-refractivity contribution in [3.05, 3.63) is 0 Å². The molecule has 1 saturated heterocycles. The van der Waals surface area contributed by atoms with E-state index in [-0.39, 0.29) is 36.9 Å². The normalized spacial score (nSPS) is 20.7. The second-order valence-electron chi connectivity index (χ2n) is 5.17. The Kier molecular flexibility index (Phi) is 10.4. The number of nitrogens with one attached hydrogen (secondary N) is 1. The fraction of sp³-hybridized carbons (Fsp3) is 0.857. The molecule has 21 heavy (non-hydrogen) atoms. The molecule has 1 aliphatic rings. The molecule has 2 amide bonds. The summed E-state index contributed by atoms with van der Waals surface area (Å²) >= 11 is 0. The van der Waals surface area contributed by atoms with E-state index in [4.69, 9.17) is 10.5 Å². The third-order valence-corrected chi connectivity index (χ3v) is 3.36. The van der Waals surface area contributed by atoms with Gasteiger partial charge in [-0.1, -0.05) is 13.8 Å². The van der Waals surface area contributed by atoms with E-state index >= 15 is 0 Å². The van der Waals surface area contributed by atoms with Gasteiger partial charge < -0.3 is 20.7 Å². The molecule has 0 radical (unpaired) electrons. The van der Waals surface area contributed by atoms with Gasteiger partial charge in [-0.3, -0.25) is 9.59 Å². The van der Waals surface area contributed by atoms with Gasteiger partial charge in [0.25, 0.3) is 5.91 Å². The number of nitrogens with two attached hydrogens (primary N) is 1. The average molecular weight is 322 g/mol. The van der Waals surface area contributed by atoms with Crippen molar-refractivity contribution in [2.45, 2.75) is 51.7 Å². The molecule has 124 valence electrons. The summed E-state index contributed by atoms with van der Waals surface area (Å²) in [6.45, 7) is 5.75. The van der Waals surface area contributed by atoms with E-state index < -0.39 is 6.10 Å². The largest absolute Gasteiger partial charge is 0.364 e. The second kappa shape index (κ2) is 10.8. The van der Waals surface area contributed by atoms with Crippen LogP contribution in [0.5, 0.6) is 0 Å². The lowest BCUT2D eigenvalue weighted by Gasteiger charge is -2.24. The number of hydrogen-bond acceptors (Lipinski definition) is 4. The summed E-state index contributed by atoms with van der Waals surface area (Å²) in [5.41, 5.74) is 5.55. The van der Waals surface area contributed by atoms with E-state index in [0.29, 0.717) is 26.1 Å². The van der Waals surface area contributed by atoms with Gasteiger partial charge in [-0.15, -0.1) is 12.4 Å². The van der Waals surface area contributed by atoms with Crippen molar-refractivity contribution in [3.8, 4) is 0 Å². The molecule has 1 fully saturated rings. The first-order valence-electron chi connectivity index (χ1n) is 7.53. The zero-order chi connectivity index (χ0) is 15.0. The van der Waals surface area contributed by atoms with Crippen LogP contribution in [-0.4, -0.2) is 55.1 Å². The Morgan fingerprint density at radius 3 is 2.52 bits per heavy atom. The predicted octanol–water partition coefficient (Wildman–Crippen LogP) is 0.679. The quantitative estimate of drug-likeness (QED) is 0.688. The third kappa shape index (κ3) is 6.63. The van der Waals surface area contributed by atoms with Gasteiger partial charge in [-0.2, -0.15) is 0 Å². The lowest BCUT2D eigenvalue weighted by Crippen LogP contribution is -2.45. The van der Waals surface area contributed by atoms with Crippen LogP contribution in [0.3, 0.4) is 0 Å². The molecule has 0 bridgehead atoms. The predicted molar refractivity (Wildman–Crippen MR) is 84.4 cm³/mol. The highest BCUT2D eigenvalue weighted by Gasteiger charge is 2.33. The summed E-state index contributed by atoms with van der Waals surface area (Å²) in [6.07, 6.45) is 2.75. The van der Waals surface area contributed by atoms with E-state index in [1.165, 1.54) is 0 Å². The van der Waals surface area contributed by atoms with Crippen LogP contribution in [-0.2, 0) is 14.3 Å². The van der Waals surface area contributed by atoms with Crippen molar-refractivity contribution < 1.29 is 14.3 Å². The van der Waals surface area contributed by atoms with Gasteiger partial charge in [0, 0.05) is 19.6 Å². The Labute approximate surface area is 133 Å². The standard InChI is InChI=1S/C14H27N3O3.ClH/c1-3-7-16-13(18)10-17(8-4-2)14(19)12-6-5-11(9-15)20-12;/h11-12H,3-10,15H2,1-2H3,(H,16,18);1H/t11-,12+;/m1./s1. The fourth-order valence-corrected chi connectivity index (χ4v) is 2.30. The van der Waals surface area contributed by atoms with Crippen LogP contribution in [0.2, 0.25) is 0 Å². The molecule has 1 aliphatic heterocycles. The van der Waals surface area contributed by atoms with Crippen LogP contribution in [0, 0.1) is 0 Å². The van der Waals surface area contributed by atoms with Crippen molar-refractivity contribution in [2.75, 3.05) is 26.2 Å². The Morgan fingerprint density at radius 2 is 2.00 bits per heavy atom. The molecule has 0 aromatic heterocycles. The summed E-state index contributed by atoms with van der Waals surface area (Å²) < 4.78 is 5.61. The van der Waals surface area contributed by atoms with Crippen LogP contribution in [0.1, 0.15) is 39.5 Å². The van der Waals surface area contributed by atoms with Crippen molar-refractivity contribution in [1.82, 2.24) is 10.2 Å². The topological polar surface area (TPSA) is 84.7 Å². The molecule has 1 rings (SSSR count). The average Bonchev–Trinajstić information content (AvgIpc) is 2.92. The first-order chi connectivity index (χ1) is 9.62. The Morgan fingerprint density at radius 1 is 1.29 bits per heavy atom. The molecule has 2 atom stereocenters. The van der Waals surface area contributed by atoms with E-state index in [9.17, 15) is 9.59 Å². The Balaban J connectivity index is 0.00000400. The second-order valence-corrected chi connectivity index (χ2v) is 5.17. The highest BCUT2D eigenvalue weighted by Crippen LogP contribution is 2.20. The SMILES string of the molecule is CCCNC(=O)CN(CCC)C(=O)[C@@H]1CC[C@H](CN)O1.Cl. The van der Waals surface area contributed by atoms with Crippen molar-refractivity contribution >= 4 is 24.2 Å². The monoisotopic (exact) mass is 321 g/mol. The molecular weight excluding hydrogens is 294 g/mol. The van der Waals surface area contributed by atoms with Crippen LogP contribution < -0.4 is 11.1 Å². The van der Waals surface area contributed by atoms with E-state index in [0.717, 1.165) is 19.3 Å². The van der Waals surface area contributed by atoms with E-state index in [2.05, 4.69) is 5.32 Å².